The third-order valence-corrected chi connectivity index (χ3v) is 3.81. The molecular formula is C16H16ClNO2. The lowest BCUT2D eigenvalue weighted by atomic mass is 10.1. The summed E-state index contributed by atoms with van der Waals surface area (Å²) >= 11 is 6.33. The van der Waals surface area contributed by atoms with Gasteiger partial charge in [0.1, 0.15) is 12.4 Å². The Balaban J connectivity index is 2.00. The van der Waals surface area contributed by atoms with Gasteiger partial charge in [0, 0.05) is 17.7 Å². The predicted octanol–water partition coefficient (Wildman–Crippen LogP) is 3.23. The van der Waals surface area contributed by atoms with Gasteiger partial charge in [-0.1, -0.05) is 41.9 Å². The Kier molecular flexibility index (Phi) is 3.81. The fraction of sp³-hybridized carbons (Fsp3) is 0.250. The minimum absolute atomic E-state index is 0.0190. The van der Waals surface area contributed by atoms with Crippen molar-refractivity contribution in [2.45, 2.75) is 13.2 Å². The Bertz CT molecular complexity index is 615. The molecule has 2 aromatic carbocycles. The molecule has 0 saturated carbocycles. The Morgan fingerprint density at radius 1 is 1.15 bits per heavy atom. The number of hydrogen-bond donors (Lipinski definition) is 1. The van der Waals surface area contributed by atoms with Crippen LogP contribution in [0.4, 0.5) is 5.69 Å². The van der Waals surface area contributed by atoms with Crippen molar-refractivity contribution in [3.8, 4) is 5.75 Å². The molecule has 1 aliphatic heterocycles. The van der Waals surface area contributed by atoms with Crippen LogP contribution < -0.4 is 9.64 Å². The van der Waals surface area contributed by atoms with Crippen LogP contribution in [0.25, 0.3) is 0 Å². The summed E-state index contributed by atoms with van der Waals surface area (Å²) in [5, 5.41) is 10.2. The maximum Gasteiger partial charge on any atom is 0.124 e. The Morgan fingerprint density at radius 2 is 2.00 bits per heavy atom. The van der Waals surface area contributed by atoms with Gasteiger partial charge in [-0.25, -0.2) is 0 Å². The number of halogens is 1. The van der Waals surface area contributed by atoms with E-state index in [2.05, 4.69) is 11.0 Å². The van der Waals surface area contributed by atoms with Gasteiger partial charge in [-0.3, -0.25) is 0 Å². The molecule has 3 nitrogen and oxygen atoms in total. The number of para-hydroxylation sites is 2. The summed E-state index contributed by atoms with van der Waals surface area (Å²) < 4.78 is 5.77. The highest BCUT2D eigenvalue weighted by Gasteiger charge is 2.19. The van der Waals surface area contributed by atoms with Crippen molar-refractivity contribution in [1.82, 2.24) is 0 Å². The third kappa shape index (κ3) is 2.47. The second-order valence-electron chi connectivity index (χ2n) is 4.78. The molecule has 0 amide bonds. The van der Waals surface area contributed by atoms with Crippen LogP contribution in [0.15, 0.2) is 42.5 Å². The van der Waals surface area contributed by atoms with Crippen molar-refractivity contribution >= 4 is 17.3 Å². The number of anilines is 1. The minimum atomic E-state index is -0.0190. The van der Waals surface area contributed by atoms with E-state index in [-0.39, 0.29) is 6.61 Å². The number of benzene rings is 2. The van der Waals surface area contributed by atoms with Crippen molar-refractivity contribution in [3.05, 3.63) is 58.6 Å². The number of ether oxygens (including phenoxy) is 1. The van der Waals surface area contributed by atoms with Crippen LogP contribution >= 0.6 is 11.6 Å². The van der Waals surface area contributed by atoms with Gasteiger partial charge in [-0.2, -0.15) is 0 Å². The number of rotatable bonds is 2. The van der Waals surface area contributed by atoms with Crippen LogP contribution in [-0.2, 0) is 13.2 Å². The average molecular weight is 290 g/mol. The highest BCUT2D eigenvalue weighted by Crippen LogP contribution is 2.33. The van der Waals surface area contributed by atoms with E-state index in [0.29, 0.717) is 11.6 Å². The molecular weight excluding hydrogens is 274 g/mol. The van der Waals surface area contributed by atoms with E-state index in [1.165, 1.54) is 0 Å². The molecule has 1 aliphatic rings. The molecule has 0 aliphatic carbocycles. The van der Waals surface area contributed by atoms with Crippen molar-refractivity contribution in [2.75, 3.05) is 18.1 Å². The summed E-state index contributed by atoms with van der Waals surface area (Å²) in [7, 11) is 0. The van der Waals surface area contributed by atoms with Crippen LogP contribution in [-0.4, -0.2) is 18.3 Å². The molecule has 0 spiro atoms. The predicted molar refractivity (Wildman–Crippen MR) is 80.4 cm³/mol. The van der Waals surface area contributed by atoms with Crippen LogP contribution in [0.5, 0.6) is 5.75 Å². The number of aliphatic hydroxyl groups excluding tert-OH is 1. The fourth-order valence-electron chi connectivity index (χ4n) is 2.56. The standard InChI is InChI=1S/C16H16ClNO2/c17-14-6-3-5-13(11-19)16(14)18-8-9-20-15-7-2-1-4-12(15)10-18/h1-7,19H,8-11H2. The van der Waals surface area contributed by atoms with E-state index >= 15 is 0 Å². The summed E-state index contributed by atoms with van der Waals surface area (Å²) in [6, 6.07) is 13.6. The van der Waals surface area contributed by atoms with Crippen LogP contribution in [0.2, 0.25) is 5.02 Å². The second-order valence-corrected chi connectivity index (χ2v) is 5.19. The van der Waals surface area contributed by atoms with E-state index in [1.807, 2.05) is 36.4 Å². The number of aliphatic hydroxyl groups is 1. The van der Waals surface area contributed by atoms with Crippen LogP contribution in [0.1, 0.15) is 11.1 Å². The maximum absolute atomic E-state index is 9.52. The Hall–Kier alpha value is -1.71. The SMILES string of the molecule is OCc1cccc(Cl)c1N1CCOc2ccccc2C1. The Labute approximate surface area is 123 Å². The lowest BCUT2D eigenvalue weighted by Crippen LogP contribution is -2.26. The van der Waals surface area contributed by atoms with Crippen molar-refractivity contribution < 1.29 is 9.84 Å². The van der Waals surface area contributed by atoms with E-state index in [4.69, 9.17) is 16.3 Å². The summed E-state index contributed by atoms with van der Waals surface area (Å²) in [6.45, 7) is 2.06. The molecule has 20 heavy (non-hydrogen) atoms. The summed E-state index contributed by atoms with van der Waals surface area (Å²) in [4.78, 5) is 2.17. The van der Waals surface area contributed by atoms with Crippen molar-refractivity contribution in [1.29, 1.82) is 0 Å². The Morgan fingerprint density at radius 3 is 2.85 bits per heavy atom. The number of nitrogens with zero attached hydrogens (tertiary/aromatic N) is 1. The molecule has 0 fully saturated rings. The van der Waals surface area contributed by atoms with Gasteiger partial charge in [0.2, 0.25) is 0 Å². The maximum atomic E-state index is 9.52. The molecule has 1 heterocycles. The van der Waals surface area contributed by atoms with E-state index in [0.717, 1.165) is 35.7 Å². The summed E-state index contributed by atoms with van der Waals surface area (Å²) in [6.07, 6.45) is 0. The first-order valence-corrected chi connectivity index (χ1v) is 7.01. The molecule has 2 aromatic rings. The first-order chi connectivity index (χ1) is 9.79. The first kappa shape index (κ1) is 13.3. The lowest BCUT2D eigenvalue weighted by Gasteiger charge is -2.25. The smallest absolute Gasteiger partial charge is 0.124 e. The van der Waals surface area contributed by atoms with Gasteiger partial charge >= 0.3 is 0 Å². The fourth-order valence-corrected chi connectivity index (χ4v) is 2.87. The molecule has 0 aromatic heterocycles. The van der Waals surface area contributed by atoms with Gasteiger partial charge in [0.15, 0.2) is 0 Å². The second kappa shape index (κ2) is 5.73. The van der Waals surface area contributed by atoms with Crippen LogP contribution in [0.3, 0.4) is 0 Å². The summed E-state index contributed by atoms with van der Waals surface area (Å²) in [5.41, 5.74) is 2.88. The van der Waals surface area contributed by atoms with E-state index in [1.54, 1.807) is 0 Å². The van der Waals surface area contributed by atoms with Gasteiger partial charge in [-0.05, 0) is 12.1 Å². The van der Waals surface area contributed by atoms with Gasteiger partial charge < -0.3 is 14.7 Å². The van der Waals surface area contributed by atoms with Crippen LogP contribution in [0, 0.1) is 0 Å². The van der Waals surface area contributed by atoms with Gasteiger partial charge in [0.25, 0.3) is 0 Å². The van der Waals surface area contributed by atoms with Gasteiger partial charge in [-0.15, -0.1) is 0 Å². The molecule has 1 N–H and O–H groups in total. The molecule has 0 bridgehead atoms. The molecule has 0 unspecified atom stereocenters. The normalized spacial score (nSPS) is 14.4. The third-order valence-electron chi connectivity index (χ3n) is 3.51. The van der Waals surface area contributed by atoms with Gasteiger partial charge in [0.05, 0.1) is 23.9 Å². The van der Waals surface area contributed by atoms with E-state index in [9.17, 15) is 5.11 Å². The average Bonchev–Trinajstić information content (AvgIpc) is 2.68. The largest absolute Gasteiger partial charge is 0.491 e. The molecule has 0 radical (unpaired) electrons. The monoisotopic (exact) mass is 289 g/mol. The highest BCUT2D eigenvalue weighted by atomic mass is 35.5. The topological polar surface area (TPSA) is 32.7 Å². The zero-order chi connectivity index (χ0) is 13.9. The van der Waals surface area contributed by atoms with Crippen molar-refractivity contribution in [2.24, 2.45) is 0 Å². The lowest BCUT2D eigenvalue weighted by molar-refractivity contribution is 0.281. The van der Waals surface area contributed by atoms with Crippen molar-refractivity contribution in [3.63, 3.8) is 0 Å². The summed E-state index contributed by atoms with van der Waals surface area (Å²) in [5.74, 6) is 0.924. The van der Waals surface area contributed by atoms with E-state index < -0.39 is 0 Å². The molecule has 104 valence electrons. The molecule has 0 saturated heterocycles. The molecule has 3 rings (SSSR count). The number of hydrogen-bond acceptors (Lipinski definition) is 3. The molecule has 0 atom stereocenters. The highest BCUT2D eigenvalue weighted by molar-refractivity contribution is 6.33. The number of fused-ring (bicyclic) bond motifs is 1. The quantitative estimate of drug-likeness (QED) is 0.921. The zero-order valence-electron chi connectivity index (χ0n) is 11.1. The molecule has 4 heteroatoms. The minimum Gasteiger partial charge on any atom is -0.491 e. The zero-order valence-corrected chi connectivity index (χ0v) is 11.8. The first-order valence-electron chi connectivity index (χ1n) is 6.63.